The molecule has 0 atom stereocenters. The van der Waals surface area contributed by atoms with Crippen molar-refractivity contribution in [1.82, 2.24) is 10.6 Å². The van der Waals surface area contributed by atoms with E-state index in [-0.39, 0.29) is 6.03 Å². The van der Waals surface area contributed by atoms with Crippen LogP contribution in [0.25, 0.3) is 0 Å². The van der Waals surface area contributed by atoms with Crippen molar-refractivity contribution in [3.63, 3.8) is 0 Å². The van der Waals surface area contributed by atoms with Crippen molar-refractivity contribution in [2.24, 2.45) is 10.2 Å². The number of amides is 2. The van der Waals surface area contributed by atoms with Crippen LogP contribution in [0.1, 0.15) is 0 Å². The van der Waals surface area contributed by atoms with Crippen LogP contribution in [0.15, 0.2) is 34.1 Å². The van der Waals surface area contributed by atoms with Crippen LogP contribution in [0.5, 0.6) is 0 Å². The molecule has 2 amide bonds. The second kappa shape index (κ2) is 4.87. The maximum absolute atomic E-state index is 10.9. The van der Waals surface area contributed by atoms with Gasteiger partial charge in [0.2, 0.25) is 0 Å². The van der Waals surface area contributed by atoms with E-state index < -0.39 is 0 Å². The first-order valence-corrected chi connectivity index (χ1v) is 3.75. The van der Waals surface area contributed by atoms with Crippen molar-refractivity contribution in [2.45, 2.75) is 0 Å². The lowest BCUT2D eigenvalue weighted by Gasteiger charge is -2.02. The van der Waals surface area contributed by atoms with Crippen LogP contribution in [0.2, 0.25) is 0 Å². The van der Waals surface area contributed by atoms with Gasteiger partial charge < -0.3 is 10.6 Å². The highest BCUT2D eigenvalue weighted by Crippen LogP contribution is 1.90. The number of rotatable bonds is 1. The van der Waals surface area contributed by atoms with Gasteiger partial charge in [-0.05, 0) is 12.2 Å². The lowest BCUT2D eigenvalue weighted by Crippen LogP contribution is -2.32. The van der Waals surface area contributed by atoms with Crippen LogP contribution in [-0.4, -0.2) is 25.5 Å². The number of carbonyl (C=O) groups excluding carboxylic acids is 1. The van der Waals surface area contributed by atoms with Crippen LogP contribution >= 0.6 is 0 Å². The molecule has 0 fully saturated rings. The molecular formula is C8H10N4O. The minimum Gasteiger partial charge on any atom is -0.341 e. The molecule has 0 spiro atoms. The fourth-order valence-corrected chi connectivity index (χ4v) is 0.692. The Morgan fingerprint density at radius 1 is 1.38 bits per heavy atom. The van der Waals surface area contributed by atoms with Gasteiger partial charge in [0.25, 0.3) is 0 Å². The lowest BCUT2D eigenvalue weighted by atomic mass is 10.4. The summed E-state index contributed by atoms with van der Waals surface area (Å²) in [6, 6.07) is -0.282. The SMILES string of the molecule is CNC(=O)NC1=CC=CC=NN=C1. The fourth-order valence-electron chi connectivity index (χ4n) is 0.692. The second-order valence-electron chi connectivity index (χ2n) is 2.22. The van der Waals surface area contributed by atoms with Gasteiger partial charge in [0.05, 0.1) is 11.9 Å². The fraction of sp³-hybridized carbons (Fsp3) is 0.125. The minimum absolute atomic E-state index is 0.282. The van der Waals surface area contributed by atoms with E-state index in [9.17, 15) is 4.79 Å². The molecule has 0 bridgehead atoms. The van der Waals surface area contributed by atoms with Gasteiger partial charge >= 0.3 is 6.03 Å². The van der Waals surface area contributed by atoms with Gasteiger partial charge in [-0.1, -0.05) is 6.08 Å². The van der Waals surface area contributed by atoms with E-state index in [1.165, 1.54) is 6.21 Å². The van der Waals surface area contributed by atoms with Gasteiger partial charge in [-0.2, -0.15) is 10.2 Å². The van der Waals surface area contributed by atoms with Crippen LogP contribution in [0.4, 0.5) is 4.79 Å². The molecule has 0 radical (unpaired) electrons. The highest BCUT2D eigenvalue weighted by Gasteiger charge is 1.97. The molecule has 1 aliphatic rings. The molecule has 1 heterocycles. The largest absolute Gasteiger partial charge is 0.341 e. The zero-order chi connectivity index (χ0) is 9.52. The molecule has 2 N–H and O–H groups in total. The highest BCUT2D eigenvalue weighted by atomic mass is 16.2. The average Bonchev–Trinajstić information content (AvgIpc) is 2.09. The van der Waals surface area contributed by atoms with Crippen LogP contribution in [0, 0.1) is 0 Å². The number of nitrogens with zero attached hydrogens (tertiary/aromatic N) is 2. The first kappa shape index (κ1) is 9.18. The molecule has 0 aromatic heterocycles. The van der Waals surface area contributed by atoms with Crippen molar-refractivity contribution in [2.75, 3.05) is 7.05 Å². The van der Waals surface area contributed by atoms with E-state index in [4.69, 9.17) is 0 Å². The summed E-state index contributed by atoms with van der Waals surface area (Å²) in [4.78, 5) is 10.9. The third-order valence-electron chi connectivity index (χ3n) is 1.29. The number of allylic oxidation sites excluding steroid dienone is 4. The molecular weight excluding hydrogens is 168 g/mol. The molecule has 5 heteroatoms. The molecule has 68 valence electrons. The quantitative estimate of drug-likeness (QED) is 0.600. The standard InChI is InChI=1S/C8H10N4O/c1-9-8(13)12-7-4-2-3-5-10-11-6-7/h2-6H,1H3,(H2,9,12,13). The Bertz CT molecular complexity index is 301. The highest BCUT2D eigenvalue weighted by molar-refractivity contribution is 5.88. The van der Waals surface area contributed by atoms with Crippen LogP contribution in [0.3, 0.4) is 0 Å². The molecule has 0 aromatic carbocycles. The van der Waals surface area contributed by atoms with Gasteiger partial charge in [-0.25, -0.2) is 4.79 Å². The molecule has 13 heavy (non-hydrogen) atoms. The Morgan fingerprint density at radius 3 is 3.00 bits per heavy atom. The van der Waals surface area contributed by atoms with Crippen LogP contribution < -0.4 is 10.6 Å². The zero-order valence-corrected chi connectivity index (χ0v) is 7.19. The molecule has 0 unspecified atom stereocenters. The summed E-state index contributed by atoms with van der Waals surface area (Å²) in [5.74, 6) is 0. The van der Waals surface area contributed by atoms with Gasteiger partial charge in [-0.15, -0.1) is 0 Å². The summed E-state index contributed by atoms with van der Waals surface area (Å²) in [5, 5.41) is 12.3. The number of hydrogen-bond acceptors (Lipinski definition) is 3. The predicted octanol–water partition coefficient (Wildman–Crippen LogP) is 0.426. The van der Waals surface area contributed by atoms with Gasteiger partial charge in [0.1, 0.15) is 0 Å². The van der Waals surface area contributed by atoms with E-state index >= 15 is 0 Å². The van der Waals surface area contributed by atoms with E-state index in [1.807, 2.05) is 0 Å². The van der Waals surface area contributed by atoms with Crippen molar-refractivity contribution in [3.8, 4) is 0 Å². The number of hydrogen-bond donors (Lipinski definition) is 2. The van der Waals surface area contributed by atoms with Gasteiger partial charge in [-0.3, -0.25) is 0 Å². The van der Waals surface area contributed by atoms with E-state index in [1.54, 1.807) is 31.5 Å². The van der Waals surface area contributed by atoms with Crippen molar-refractivity contribution in [3.05, 3.63) is 23.9 Å². The summed E-state index contributed by atoms with van der Waals surface area (Å²) < 4.78 is 0. The van der Waals surface area contributed by atoms with Gasteiger partial charge in [0, 0.05) is 13.3 Å². The molecule has 0 aliphatic carbocycles. The Balaban J connectivity index is 2.63. The topological polar surface area (TPSA) is 65.8 Å². The molecule has 1 rings (SSSR count). The molecule has 0 aromatic rings. The molecule has 5 nitrogen and oxygen atoms in total. The molecule has 0 saturated carbocycles. The maximum atomic E-state index is 10.9. The Labute approximate surface area is 75.9 Å². The van der Waals surface area contributed by atoms with E-state index in [2.05, 4.69) is 20.8 Å². The summed E-state index contributed by atoms with van der Waals surface area (Å²) in [6.45, 7) is 0. The Kier molecular flexibility index (Phi) is 3.44. The third kappa shape index (κ3) is 3.33. The van der Waals surface area contributed by atoms with Crippen molar-refractivity contribution >= 4 is 18.5 Å². The van der Waals surface area contributed by atoms with E-state index in [0.29, 0.717) is 5.70 Å². The Morgan fingerprint density at radius 2 is 2.23 bits per heavy atom. The number of carbonyl (C=O) groups is 1. The average molecular weight is 178 g/mol. The first-order valence-electron chi connectivity index (χ1n) is 3.75. The summed E-state index contributed by atoms with van der Waals surface area (Å²) in [5.41, 5.74) is 0.590. The summed E-state index contributed by atoms with van der Waals surface area (Å²) in [6.07, 6.45) is 8.24. The zero-order valence-electron chi connectivity index (χ0n) is 7.19. The second-order valence-corrected chi connectivity index (χ2v) is 2.22. The van der Waals surface area contributed by atoms with Crippen molar-refractivity contribution in [1.29, 1.82) is 0 Å². The van der Waals surface area contributed by atoms with Gasteiger partial charge in [0.15, 0.2) is 0 Å². The normalized spacial score (nSPS) is 14.4. The summed E-state index contributed by atoms with van der Waals surface area (Å²) in [7, 11) is 1.55. The van der Waals surface area contributed by atoms with Crippen molar-refractivity contribution < 1.29 is 4.79 Å². The number of nitrogens with one attached hydrogen (secondary N) is 2. The third-order valence-corrected chi connectivity index (χ3v) is 1.29. The monoisotopic (exact) mass is 178 g/mol. The summed E-state index contributed by atoms with van der Waals surface area (Å²) >= 11 is 0. The Hall–Kier alpha value is -1.91. The van der Waals surface area contributed by atoms with Crippen LogP contribution in [-0.2, 0) is 0 Å². The maximum Gasteiger partial charge on any atom is 0.319 e. The predicted molar refractivity (Wildman–Crippen MR) is 51.8 cm³/mol. The molecule has 0 saturated heterocycles. The lowest BCUT2D eigenvalue weighted by molar-refractivity contribution is 0.245. The first-order chi connectivity index (χ1) is 6.33. The number of urea groups is 1. The minimum atomic E-state index is -0.282. The molecule has 1 aliphatic heterocycles. The smallest absolute Gasteiger partial charge is 0.319 e. The van der Waals surface area contributed by atoms with E-state index in [0.717, 1.165) is 0 Å².